The van der Waals surface area contributed by atoms with Crippen molar-refractivity contribution < 1.29 is 14.7 Å². The Bertz CT molecular complexity index is 337. The molecular weight excluding hydrogens is 273 g/mol. The van der Waals surface area contributed by atoms with Crippen molar-refractivity contribution in [3.8, 4) is 0 Å². The standard InChI is InChI=1S/C7H4INO3/c8-4-1-5(3-10)9-6(2-4)7(11)12/h1-3H,(H,11,12). The van der Waals surface area contributed by atoms with E-state index in [0.29, 0.717) is 9.86 Å². The number of carboxylic acids is 1. The Labute approximate surface area is 81.8 Å². The number of carbonyl (C=O) groups is 2. The van der Waals surface area contributed by atoms with Crippen LogP contribution in [0.3, 0.4) is 0 Å². The number of carbonyl (C=O) groups excluding carboxylic acids is 1. The molecule has 1 rings (SSSR count). The number of hydrogen-bond acceptors (Lipinski definition) is 3. The molecule has 1 N–H and O–H groups in total. The van der Waals surface area contributed by atoms with Gasteiger partial charge in [0.15, 0.2) is 6.29 Å². The van der Waals surface area contributed by atoms with Crippen LogP contribution in [0.4, 0.5) is 0 Å². The Kier molecular flexibility index (Phi) is 2.74. The lowest BCUT2D eigenvalue weighted by Gasteiger charge is -1.95. The van der Waals surface area contributed by atoms with Gasteiger partial charge in [-0.3, -0.25) is 4.79 Å². The van der Waals surface area contributed by atoms with Crippen molar-refractivity contribution in [3.63, 3.8) is 0 Å². The van der Waals surface area contributed by atoms with Crippen LogP contribution in [-0.2, 0) is 0 Å². The van der Waals surface area contributed by atoms with E-state index >= 15 is 0 Å². The molecule has 0 aliphatic heterocycles. The van der Waals surface area contributed by atoms with E-state index in [1.807, 2.05) is 22.6 Å². The molecule has 12 heavy (non-hydrogen) atoms. The number of aromatic nitrogens is 1. The Morgan fingerprint density at radius 2 is 2.25 bits per heavy atom. The van der Waals surface area contributed by atoms with E-state index in [4.69, 9.17) is 5.11 Å². The van der Waals surface area contributed by atoms with Crippen LogP contribution >= 0.6 is 22.6 Å². The van der Waals surface area contributed by atoms with Crippen molar-refractivity contribution >= 4 is 34.8 Å². The monoisotopic (exact) mass is 277 g/mol. The summed E-state index contributed by atoms with van der Waals surface area (Å²) in [6, 6.07) is 2.91. The molecule has 0 bridgehead atoms. The first-order valence-corrected chi connectivity index (χ1v) is 4.07. The zero-order valence-corrected chi connectivity index (χ0v) is 7.98. The van der Waals surface area contributed by atoms with E-state index in [2.05, 4.69) is 4.98 Å². The number of nitrogens with zero attached hydrogens (tertiary/aromatic N) is 1. The zero-order chi connectivity index (χ0) is 9.14. The van der Waals surface area contributed by atoms with E-state index in [1.165, 1.54) is 12.1 Å². The summed E-state index contributed by atoms with van der Waals surface area (Å²) in [5, 5.41) is 8.55. The summed E-state index contributed by atoms with van der Waals surface area (Å²) in [6.07, 6.45) is 0.522. The van der Waals surface area contributed by atoms with Crippen molar-refractivity contribution in [2.45, 2.75) is 0 Å². The van der Waals surface area contributed by atoms with E-state index in [1.54, 1.807) is 0 Å². The fraction of sp³-hybridized carbons (Fsp3) is 0. The van der Waals surface area contributed by atoms with Crippen molar-refractivity contribution in [2.75, 3.05) is 0 Å². The van der Waals surface area contributed by atoms with Gasteiger partial charge >= 0.3 is 5.97 Å². The van der Waals surface area contributed by atoms with Crippen LogP contribution in [0.2, 0.25) is 0 Å². The molecule has 0 aromatic carbocycles. The second-order valence-corrected chi connectivity index (χ2v) is 3.26. The van der Waals surface area contributed by atoms with Gasteiger partial charge in [-0.05, 0) is 34.7 Å². The molecule has 0 fully saturated rings. The molecule has 0 unspecified atom stereocenters. The van der Waals surface area contributed by atoms with E-state index < -0.39 is 5.97 Å². The topological polar surface area (TPSA) is 67.3 Å². The second kappa shape index (κ2) is 3.61. The largest absolute Gasteiger partial charge is 0.477 e. The highest BCUT2D eigenvalue weighted by Crippen LogP contribution is 2.07. The Morgan fingerprint density at radius 1 is 1.58 bits per heavy atom. The summed E-state index contributed by atoms with van der Waals surface area (Å²) < 4.78 is 0.682. The van der Waals surface area contributed by atoms with Crippen LogP contribution < -0.4 is 0 Å². The minimum atomic E-state index is -1.13. The van der Waals surface area contributed by atoms with Gasteiger partial charge in [0.25, 0.3) is 0 Å². The van der Waals surface area contributed by atoms with Gasteiger partial charge in [0.2, 0.25) is 0 Å². The summed E-state index contributed by atoms with van der Waals surface area (Å²) in [5.41, 5.74) is 0.0308. The number of pyridine rings is 1. The molecular formula is C7H4INO3. The van der Waals surface area contributed by atoms with Gasteiger partial charge in [0.05, 0.1) is 0 Å². The van der Waals surface area contributed by atoms with Gasteiger partial charge in [-0.2, -0.15) is 0 Å². The van der Waals surface area contributed by atoms with Crippen molar-refractivity contribution in [1.82, 2.24) is 4.98 Å². The minimum absolute atomic E-state index is 0.107. The molecule has 1 aromatic rings. The van der Waals surface area contributed by atoms with E-state index in [9.17, 15) is 9.59 Å². The molecule has 0 saturated heterocycles. The average Bonchev–Trinajstić information content (AvgIpc) is 2.03. The predicted molar refractivity (Wildman–Crippen MR) is 49.3 cm³/mol. The summed E-state index contributed by atoms with van der Waals surface area (Å²) in [5.74, 6) is -1.13. The normalized spacial score (nSPS) is 9.42. The fourth-order valence-electron chi connectivity index (χ4n) is 0.687. The van der Waals surface area contributed by atoms with Crippen LogP contribution in [0.5, 0.6) is 0 Å². The van der Waals surface area contributed by atoms with Gasteiger partial charge < -0.3 is 5.11 Å². The maximum Gasteiger partial charge on any atom is 0.354 e. The molecule has 1 heterocycles. The van der Waals surface area contributed by atoms with Gasteiger partial charge in [-0.1, -0.05) is 0 Å². The highest BCUT2D eigenvalue weighted by Gasteiger charge is 2.06. The first kappa shape index (κ1) is 9.11. The van der Waals surface area contributed by atoms with Crippen molar-refractivity contribution in [1.29, 1.82) is 0 Å². The number of aldehydes is 1. The third-order valence-electron chi connectivity index (χ3n) is 1.15. The van der Waals surface area contributed by atoms with Crippen LogP contribution in [0.1, 0.15) is 21.0 Å². The highest BCUT2D eigenvalue weighted by molar-refractivity contribution is 14.1. The second-order valence-electron chi connectivity index (χ2n) is 2.02. The molecule has 0 aliphatic rings. The number of halogens is 1. The van der Waals surface area contributed by atoms with Gasteiger partial charge in [0.1, 0.15) is 11.4 Å². The molecule has 0 amide bonds. The number of rotatable bonds is 2. The lowest BCUT2D eigenvalue weighted by molar-refractivity contribution is 0.0690. The fourth-order valence-corrected chi connectivity index (χ4v) is 1.30. The quantitative estimate of drug-likeness (QED) is 0.651. The Morgan fingerprint density at radius 3 is 2.75 bits per heavy atom. The summed E-state index contributed by atoms with van der Waals surface area (Å²) in [7, 11) is 0. The molecule has 0 radical (unpaired) electrons. The molecule has 0 aliphatic carbocycles. The van der Waals surface area contributed by atoms with E-state index in [-0.39, 0.29) is 11.4 Å². The molecule has 0 saturated carbocycles. The van der Waals surface area contributed by atoms with E-state index in [0.717, 1.165) is 0 Å². The first-order chi connectivity index (χ1) is 5.63. The smallest absolute Gasteiger partial charge is 0.354 e. The molecule has 62 valence electrons. The van der Waals surface area contributed by atoms with Crippen LogP contribution in [0.15, 0.2) is 12.1 Å². The number of carboxylic acid groups (broad SMARTS) is 1. The van der Waals surface area contributed by atoms with Gasteiger partial charge in [-0.25, -0.2) is 9.78 Å². The Balaban J connectivity index is 3.23. The lowest BCUT2D eigenvalue weighted by Crippen LogP contribution is -2.03. The SMILES string of the molecule is O=Cc1cc(I)cc(C(=O)O)n1. The molecule has 5 heteroatoms. The van der Waals surface area contributed by atoms with Crippen molar-refractivity contribution in [3.05, 3.63) is 27.1 Å². The summed E-state index contributed by atoms with van der Waals surface area (Å²) in [4.78, 5) is 24.3. The lowest BCUT2D eigenvalue weighted by atomic mass is 10.3. The number of aromatic carboxylic acids is 1. The van der Waals surface area contributed by atoms with Gasteiger partial charge in [-0.15, -0.1) is 0 Å². The summed E-state index contributed by atoms with van der Waals surface area (Å²) in [6.45, 7) is 0. The van der Waals surface area contributed by atoms with Crippen LogP contribution in [-0.4, -0.2) is 22.3 Å². The van der Waals surface area contributed by atoms with Gasteiger partial charge in [0, 0.05) is 3.57 Å². The zero-order valence-electron chi connectivity index (χ0n) is 5.82. The maximum absolute atomic E-state index is 10.4. The maximum atomic E-state index is 10.4. The number of hydrogen-bond donors (Lipinski definition) is 1. The predicted octanol–water partition coefficient (Wildman–Crippen LogP) is 1.20. The third-order valence-corrected chi connectivity index (χ3v) is 1.77. The third kappa shape index (κ3) is 2.00. The van der Waals surface area contributed by atoms with Crippen LogP contribution in [0, 0.1) is 3.57 Å². The molecule has 0 atom stereocenters. The van der Waals surface area contributed by atoms with Crippen LogP contribution in [0.25, 0.3) is 0 Å². The highest BCUT2D eigenvalue weighted by atomic mass is 127. The molecule has 4 nitrogen and oxygen atoms in total. The Hall–Kier alpha value is -0.980. The van der Waals surface area contributed by atoms with Crippen molar-refractivity contribution in [2.24, 2.45) is 0 Å². The molecule has 1 aromatic heterocycles. The average molecular weight is 277 g/mol. The minimum Gasteiger partial charge on any atom is -0.477 e. The first-order valence-electron chi connectivity index (χ1n) is 2.99. The summed E-state index contributed by atoms with van der Waals surface area (Å²) >= 11 is 1.93. The molecule has 0 spiro atoms.